The van der Waals surface area contributed by atoms with Crippen molar-refractivity contribution < 1.29 is 14.3 Å². The Labute approximate surface area is 192 Å². The third-order valence-electron chi connectivity index (χ3n) is 8.17. The van der Waals surface area contributed by atoms with Gasteiger partial charge in [0.1, 0.15) is 5.75 Å². The van der Waals surface area contributed by atoms with Gasteiger partial charge in [-0.25, -0.2) is 0 Å². The summed E-state index contributed by atoms with van der Waals surface area (Å²) in [7, 11) is 1.52. The van der Waals surface area contributed by atoms with Gasteiger partial charge in [0.25, 0.3) is 0 Å². The van der Waals surface area contributed by atoms with Crippen molar-refractivity contribution in [1.29, 1.82) is 0 Å². The number of hydrogen-bond acceptors (Lipinski definition) is 4. The summed E-state index contributed by atoms with van der Waals surface area (Å²) in [6, 6.07) is 14.4. The molecule has 2 aromatic carbocycles. The lowest BCUT2D eigenvalue weighted by Gasteiger charge is -2.48. The molecule has 4 nitrogen and oxygen atoms in total. The average Bonchev–Trinajstić information content (AvgIpc) is 2.80. The predicted octanol–water partition coefficient (Wildman–Crippen LogP) is 6.10. The van der Waals surface area contributed by atoms with Crippen molar-refractivity contribution in [1.82, 2.24) is 4.90 Å². The first kappa shape index (κ1) is 21.8. The van der Waals surface area contributed by atoms with Gasteiger partial charge < -0.3 is 9.47 Å². The molecular formula is C28H37NO3. The van der Waals surface area contributed by atoms with E-state index >= 15 is 0 Å². The molecule has 2 saturated heterocycles. The summed E-state index contributed by atoms with van der Waals surface area (Å²) < 4.78 is 11.4. The Hall–Kier alpha value is -2.07. The van der Waals surface area contributed by atoms with Crippen LogP contribution < -0.4 is 4.74 Å². The average molecular weight is 436 g/mol. The minimum absolute atomic E-state index is 0.0204. The summed E-state index contributed by atoms with van der Waals surface area (Å²) in [5.41, 5.74) is 1.36. The molecule has 1 saturated carbocycles. The molecule has 0 radical (unpaired) electrons. The molecule has 1 aliphatic carbocycles. The molecule has 2 aromatic rings. The maximum absolute atomic E-state index is 12.1. The lowest BCUT2D eigenvalue weighted by Crippen LogP contribution is -2.52. The number of carbonyl (C=O) groups excluding carboxylic acids is 1. The van der Waals surface area contributed by atoms with Gasteiger partial charge in [0.15, 0.2) is 0 Å². The first-order chi connectivity index (χ1) is 15.6. The molecular weight excluding hydrogens is 398 g/mol. The molecule has 0 N–H and O–H groups in total. The van der Waals surface area contributed by atoms with E-state index in [2.05, 4.69) is 48.2 Å². The number of piperidine rings is 2. The van der Waals surface area contributed by atoms with Crippen LogP contribution in [-0.2, 0) is 16.1 Å². The second-order valence-electron chi connectivity index (χ2n) is 10.4. The number of benzene rings is 2. The van der Waals surface area contributed by atoms with E-state index in [1.165, 1.54) is 68.4 Å². The smallest absolute Gasteiger partial charge is 0.308 e. The van der Waals surface area contributed by atoms with Crippen molar-refractivity contribution in [3.05, 3.63) is 42.0 Å². The maximum Gasteiger partial charge on any atom is 0.308 e. The van der Waals surface area contributed by atoms with Crippen LogP contribution in [0.15, 0.2) is 36.4 Å². The fourth-order valence-corrected chi connectivity index (χ4v) is 6.29. The monoisotopic (exact) mass is 435 g/mol. The number of carbonyl (C=O) groups is 1. The van der Waals surface area contributed by atoms with Crippen molar-refractivity contribution in [2.75, 3.05) is 7.11 Å². The number of nitrogens with zero attached hydrogens (tertiary/aromatic N) is 1. The second kappa shape index (κ2) is 9.43. The van der Waals surface area contributed by atoms with E-state index in [0.29, 0.717) is 18.2 Å². The summed E-state index contributed by atoms with van der Waals surface area (Å²) >= 11 is 0. The highest BCUT2D eigenvalue weighted by atomic mass is 16.5. The van der Waals surface area contributed by atoms with Gasteiger partial charge in [-0.05, 0) is 91.8 Å². The molecule has 3 aliphatic rings. The van der Waals surface area contributed by atoms with Gasteiger partial charge >= 0.3 is 5.97 Å². The number of esters is 1. The first-order valence-electron chi connectivity index (χ1n) is 12.6. The third-order valence-corrected chi connectivity index (χ3v) is 8.17. The van der Waals surface area contributed by atoms with Crippen LogP contribution in [0.5, 0.6) is 5.75 Å². The minimum Gasteiger partial charge on any atom is -0.490 e. The number of ether oxygens (including phenoxy) is 2. The molecule has 5 rings (SSSR count). The van der Waals surface area contributed by atoms with Crippen molar-refractivity contribution in [3.63, 3.8) is 0 Å². The molecule has 4 heteroatoms. The summed E-state index contributed by atoms with van der Waals surface area (Å²) in [5.74, 6) is 1.90. The maximum atomic E-state index is 12.1. The van der Waals surface area contributed by atoms with E-state index in [4.69, 9.17) is 9.47 Å². The number of methoxy groups -OCH3 is 1. The minimum atomic E-state index is -0.0204. The van der Waals surface area contributed by atoms with Crippen molar-refractivity contribution in [2.24, 2.45) is 11.8 Å². The molecule has 0 amide bonds. The highest BCUT2D eigenvalue weighted by Gasteiger charge is 2.40. The lowest BCUT2D eigenvalue weighted by atomic mass is 9.78. The van der Waals surface area contributed by atoms with Crippen LogP contribution in [0.4, 0.5) is 0 Å². The zero-order valence-electron chi connectivity index (χ0n) is 19.6. The SMILES string of the molecule is COC(=O)C1CC2CCCC(C1)N2Cc1ccc2cc(O[C@H]3CC[C@@H](C)CC3)ccc2c1. The summed E-state index contributed by atoms with van der Waals surface area (Å²) in [5, 5.41) is 2.53. The van der Waals surface area contributed by atoms with Gasteiger partial charge in [-0.15, -0.1) is 0 Å². The molecule has 3 fully saturated rings. The summed E-state index contributed by atoms with van der Waals surface area (Å²) in [6.45, 7) is 3.32. The zero-order valence-corrected chi connectivity index (χ0v) is 19.6. The Morgan fingerprint density at radius 3 is 2.34 bits per heavy atom. The van der Waals surface area contributed by atoms with E-state index < -0.39 is 0 Å². The van der Waals surface area contributed by atoms with Crippen LogP contribution in [0, 0.1) is 11.8 Å². The van der Waals surface area contributed by atoms with Crippen LogP contribution in [0.1, 0.15) is 70.3 Å². The molecule has 2 bridgehead atoms. The highest BCUT2D eigenvalue weighted by molar-refractivity contribution is 5.84. The Kier molecular flexibility index (Phi) is 6.41. The lowest BCUT2D eigenvalue weighted by molar-refractivity contribution is -0.150. The van der Waals surface area contributed by atoms with Crippen LogP contribution in [0.2, 0.25) is 0 Å². The van der Waals surface area contributed by atoms with E-state index in [1.54, 1.807) is 0 Å². The van der Waals surface area contributed by atoms with Crippen LogP contribution >= 0.6 is 0 Å². The Morgan fingerprint density at radius 1 is 0.938 bits per heavy atom. The zero-order chi connectivity index (χ0) is 22.1. The van der Waals surface area contributed by atoms with Gasteiger partial charge in [-0.2, -0.15) is 0 Å². The highest BCUT2D eigenvalue weighted by Crippen LogP contribution is 2.38. The summed E-state index contributed by atoms with van der Waals surface area (Å²) in [4.78, 5) is 14.8. The fraction of sp³-hybridized carbons (Fsp3) is 0.607. The normalized spacial score (nSPS) is 30.8. The molecule has 0 spiro atoms. The Morgan fingerprint density at radius 2 is 1.62 bits per heavy atom. The van der Waals surface area contributed by atoms with Crippen molar-refractivity contribution in [2.45, 2.75) is 89.4 Å². The Balaban J connectivity index is 1.26. The van der Waals surface area contributed by atoms with Crippen molar-refractivity contribution >= 4 is 16.7 Å². The van der Waals surface area contributed by atoms with Gasteiger partial charge in [0.2, 0.25) is 0 Å². The number of fused-ring (bicyclic) bond motifs is 3. The first-order valence-corrected chi connectivity index (χ1v) is 12.6. The van der Waals surface area contributed by atoms with Gasteiger partial charge in [0.05, 0.1) is 19.1 Å². The number of rotatable bonds is 5. The quantitative estimate of drug-likeness (QED) is 0.532. The Bertz CT molecular complexity index is 935. The van der Waals surface area contributed by atoms with Crippen LogP contribution in [0.25, 0.3) is 10.8 Å². The largest absolute Gasteiger partial charge is 0.490 e. The predicted molar refractivity (Wildman–Crippen MR) is 128 cm³/mol. The van der Waals surface area contributed by atoms with Gasteiger partial charge in [-0.3, -0.25) is 9.69 Å². The molecule has 0 aromatic heterocycles. The van der Waals surface area contributed by atoms with E-state index in [9.17, 15) is 4.79 Å². The molecule has 172 valence electrons. The number of hydrogen-bond donors (Lipinski definition) is 0. The van der Waals surface area contributed by atoms with Crippen LogP contribution in [0.3, 0.4) is 0 Å². The van der Waals surface area contributed by atoms with E-state index in [0.717, 1.165) is 31.1 Å². The standard InChI is InChI=1S/C28H37NO3/c1-19-6-11-26(12-7-19)32-27-13-10-21-14-20(8-9-22(21)17-27)18-29-24-4-3-5-25(29)16-23(15-24)28(30)31-2/h8-10,13-14,17,19,23-26H,3-7,11-12,15-16,18H2,1-2H3/t19-,23?,24?,25?,26+. The molecule has 2 atom stereocenters. The second-order valence-corrected chi connectivity index (χ2v) is 10.4. The summed E-state index contributed by atoms with van der Waals surface area (Å²) in [6.07, 6.45) is 10.8. The van der Waals surface area contributed by atoms with Gasteiger partial charge in [0, 0.05) is 18.6 Å². The van der Waals surface area contributed by atoms with E-state index in [-0.39, 0.29) is 11.9 Å². The topological polar surface area (TPSA) is 38.8 Å². The molecule has 2 aliphatic heterocycles. The third kappa shape index (κ3) is 4.66. The van der Waals surface area contributed by atoms with Crippen molar-refractivity contribution in [3.8, 4) is 5.75 Å². The van der Waals surface area contributed by atoms with E-state index in [1.807, 2.05) is 0 Å². The van der Waals surface area contributed by atoms with Crippen LogP contribution in [-0.4, -0.2) is 36.2 Å². The molecule has 32 heavy (non-hydrogen) atoms. The molecule has 2 heterocycles. The fourth-order valence-electron chi connectivity index (χ4n) is 6.29. The molecule has 2 unspecified atom stereocenters. The van der Waals surface area contributed by atoms with Gasteiger partial charge in [-0.1, -0.05) is 31.5 Å².